The molecule has 0 bridgehead atoms. The maximum absolute atomic E-state index is 12.7. The van der Waals surface area contributed by atoms with Gasteiger partial charge in [-0.2, -0.15) is 0 Å². The summed E-state index contributed by atoms with van der Waals surface area (Å²) in [4.78, 5) is 25.2. The number of aryl methyl sites for hydroxylation is 2. The fraction of sp³-hybridized carbons (Fsp3) is 0.300. The van der Waals surface area contributed by atoms with Gasteiger partial charge in [-0.3, -0.25) is 9.59 Å². The van der Waals surface area contributed by atoms with Crippen molar-refractivity contribution in [1.82, 2.24) is 9.88 Å². The number of carbonyl (C=O) groups is 1. The Morgan fingerprint density at radius 1 is 1.26 bits per heavy atom. The molecule has 7 heteroatoms. The molecular formula is C20H21ClN2O4. The number of hydrogen-bond acceptors (Lipinski definition) is 4. The lowest BCUT2D eigenvalue weighted by atomic mass is 10.1. The normalized spacial score (nSPS) is 11.1. The van der Waals surface area contributed by atoms with E-state index in [1.165, 1.54) is 6.20 Å². The Balaban J connectivity index is 1.81. The number of unbranched alkanes of at least 4 members (excludes halogenated alkanes) is 1. The Kier molecular flexibility index (Phi) is 5.98. The van der Waals surface area contributed by atoms with Crippen molar-refractivity contribution in [1.29, 1.82) is 0 Å². The molecule has 0 saturated carbocycles. The molecule has 1 aromatic carbocycles. The molecular weight excluding hydrogens is 368 g/mol. The number of rotatable bonds is 7. The topological polar surface area (TPSA) is 84.5 Å². The molecule has 3 aromatic rings. The molecule has 2 N–H and O–H groups in total. The average Bonchev–Trinajstić information content (AvgIpc) is 3.09. The second-order valence-electron chi connectivity index (χ2n) is 6.40. The van der Waals surface area contributed by atoms with Crippen LogP contribution in [0.1, 0.15) is 34.5 Å². The smallest absolute Gasteiger partial charge is 0.257 e. The number of aromatic nitrogens is 1. The van der Waals surface area contributed by atoms with Crippen LogP contribution in [0.25, 0.3) is 11.1 Å². The van der Waals surface area contributed by atoms with Crippen molar-refractivity contribution < 1.29 is 14.3 Å². The van der Waals surface area contributed by atoms with Gasteiger partial charge in [-0.25, -0.2) is 0 Å². The summed E-state index contributed by atoms with van der Waals surface area (Å²) in [5.74, 6) is 0.236. The zero-order chi connectivity index (χ0) is 19.4. The molecule has 0 aliphatic rings. The van der Waals surface area contributed by atoms with Crippen molar-refractivity contribution in [2.24, 2.45) is 7.05 Å². The number of aliphatic hydroxyl groups excluding tert-OH is 1. The van der Waals surface area contributed by atoms with Gasteiger partial charge in [0.25, 0.3) is 5.91 Å². The van der Waals surface area contributed by atoms with Gasteiger partial charge in [0.2, 0.25) is 11.1 Å². The lowest BCUT2D eigenvalue weighted by Gasteiger charge is -2.07. The van der Waals surface area contributed by atoms with Crippen molar-refractivity contribution in [3.8, 4) is 0 Å². The molecule has 1 amide bonds. The van der Waals surface area contributed by atoms with Crippen LogP contribution in [0, 0.1) is 0 Å². The molecule has 142 valence electrons. The van der Waals surface area contributed by atoms with Gasteiger partial charge in [0.1, 0.15) is 11.3 Å². The second-order valence-corrected chi connectivity index (χ2v) is 6.84. The third kappa shape index (κ3) is 4.40. The van der Waals surface area contributed by atoms with E-state index in [1.54, 1.807) is 29.8 Å². The average molecular weight is 389 g/mol. The fourth-order valence-electron chi connectivity index (χ4n) is 2.89. The van der Waals surface area contributed by atoms with E-state index in [-0.39, 0.29) is 17.6 Å². The number of nitrogens with zero attached hydrogens (tertiary/aromatic N) is 1. The van der Waals surface area contributed by atoms with Gasteiger partial charge in [-0.1, -0.05) is 23.7 Å². The number of benzene rings is 1. The number of hydrogen-bond donors (Lipinski definition) is 2. The zero-order valence-electron chi connectivity index (χ0n) is 15.0. The first-order valence-electron chi connectivity index (χ1n) is 8.75. The first kappa shape index (κ1) is 19.2. The highest BCUT2D eigenvalue weighted by Gasteiger charge is 2.17. The number of pyridine rings is 1. The Bertz CT molecular complexity index is 1010. The predicted molar refractivity (Wildman–Crippen MR) is 104 cm³/mol. The fourth-order valence-corrected chi connectivity index (χ4v) is 3.01. The first-order chi connectivity index (χ1) is 13.0. The van der Waals surface area contributed by atoms with E-state index < -0.39 is 5.91 Å². The van der Waals surface area contributed by atoms with Gasteiger partial charge < -0.3 is 19.4 Å². The van der Waals surface area contributed by atoms with E-state index in [9.17, 15) is 9.59 Å². The molecule has 3 rings (SSSR count). The summed E-state index contributed by atoms with van der Waals surface area (Å²) in [5, 5.41) is 12.7. The van der Waals surface area contributed by atoms with Crippen LogP contribution >= 0.6 is 11.6 Å². The molecule has 2 aromatic heterocycles. The van der Waals surface area contributed by atoms with Crippen LogP contribution in [0.15, 0.2) is 45.7 Å². The lowest BCUT2D eigenvalue weighted by Crippen LogP contribution is -2.29. The predicted octanol–water partition coefficient (Wildman–Crippen LogP) is 3.03. The van der Waals surface area contributed by atoms with Crippen molar-refractivity contribution in [3.05, 3.63) is 68.7 Å². The van der Waals surface area contributed by atoms with E-state index >= 15 is 0 Å². The van der Waals surface area contributed by atoms with E-state index in [0.717, 1.165) is 12.0 Å². The van der Waals surface area contributed by atoms with Crippen LogP contribution < -0.4 is 10.7 Å². The molecule has 0 aliphatic heterocycles. The zero-order valence-corrected chi connectivity index (χ0v) is 15.8. The molecule has 0 aliphatic carbocycles. The lowest BCUT2D eigenvalue weighted by molar-refractivity contribution is 0.0949. The van der Waals surface area contributed by atoms with Crippen LogP contribution in [0.2, 0.25) is 5.02 Å². The summed E-state index contributed by atoms with van der Waals surface area (Å²) in [6.07, 6.45) is 3.56. The molecule has 2 heterocycles. The summed E-state index contributed by atoms with van der Waals surface area (Å²) >= 11 is 5.85. The molecule has 0 saturated heterocycles. The van der Waals surface area contributed by atoms with Gasteiger partial charge >= 0.3 is 0 Å². The highest BCUT2D eigenvalue weighted by Crippen LogP contribution is 2.18. The number of carbonyl (C=O) groups excluding carboxylic acids is 1. The number of aliphatic hydroxyl groups is 1. The van der Waals surface area contributed by atoms with E-state index in [1.807, 2.05) is 12.1 Å². The van der Waals surface area contributed by atoms with E-state index in [4.69, 9.17) is 21.1 Å². The molecule has 0 unspecified atom stereocenters. The minimum absolute atomic E-state index is 0.0710. The monoisotopic (exact) mass is 388 g/mol. The van der Waals surface area contributed by atoms with Gasteiger partial charge in [-0.05, 0) is 36.6 Å². The van der Waals surface area contributed by atoms with Gasteiger partial charge in [0.05, 0.1) is 5.39 Å². The molecule has 0 radical (unpaired) electrons. The quantitative estimate of drug-likeness (QED) is 0.609. The summed E-state index contributed by atoms with van der Waals surface area (Å²) in [6.45, 7) is 0.424. The van der Waals surface area contributed by atoms with Crippen molar-refractivity contribution in [2.75, 3.05) is 6.61 Å². The standard InChI is InChI=1S/C20H21ClN2O4/c1-23-12-17(19(26)22-11-13-5-7-14(21)8-6-13)18(25)16-10-15(27-20(16)23)4-2-3-9-24/h5-8,10,12,24H,2-4,9,11H2,1H3,(H,22,26). The van der Waals surface area contributed by atoms with Gasteiger partial charge in [0.15, 0.2) is 0 Å². The highest BCUT2D eigenvalue weighted by atomic mass is 35.5. The van der Waals surface area contributed by atoms with Gasteiger partial charge in [-0.15, -0.1) is 0 Å². The van der Waals surface area contributed by atoms with Crippen LogP contribution in [-0.4, -0.2) is 22.2 Å². The Morgan fingerprint density at radius 3 is 2.70 bits per heavy atom. The maximum atomic E-state index is 12.7. The summed E-state index contributed by atoms with van der Waals surface area (Å²) in [6, 6.07) is 8.82. The third-order valence-electron chi connectivity index (χ3n) is 4.34. The largest absolute Gasteiger partial charge is 0.444 e. The van der Waals surface area contributed by atoms with E-state index in [0.29, 0.717) is 41.3 Å². The minimum Gasteiger partial charge on any atom is -0.444 e. The van der Waals surface area contributed by atoms with Crippen molar-refractivity contribution >= 4 is 28.6 Å². The molecule has 0 atom stereocenters. The number of halogens is 1. The Morgan fingerprint density at radius 2 is 2.00 bits per heavy atom. The van der Waals surface area contributed by atoms with Crippen LogP contribution in [0.5, 0.6) is 0 Å². The van der Waals surface area contributed by atoms with Crippen molar-refractivity contribution in [3.63, 3.8) is 0 Å². The van der Waals surface area contributed by atoms with Crippen LogP contribution in [0.4, 0.5) is 0 Å². The molecule has 27 heavy (non-hydrogen) atoms. The summed E-state index contributed by atoms with van der Waals surface area (Å²) < 4.78 is 7.38. The number of amides is 1. The number of fused-ring (bicyclic) bond motifs is 1. The highest BCUT2D eigenvalue weighted by molar-refractivity contribution is 6.30. The molecule has 0 spiro atoms. The molecule has 6 nitrogen and oxygen atoms in total. The summed E-state index contributed by atoms with van der Waals surface area (Å²) in [7, 11) is 1.73. The van der Waals surface area contributed by atoms with E-state index in [2.05, 4.69) is 5.32 Å². The Labute approximate surface area is 161 Å². The first-order valence-corrected chi connectivity index (χ1v) is 9.13. The van der Waals surface area contributed by atoms with Crippen molar-refractivity contribution in [2.45, 2.75) is 25.8 Å². The Hall–Kier alpha value is -2.57. The van der Waals surface area contributed by atoms with Crippen LogP contribution in [-0.2, 0) is 20.0 Å². The van der Waals surface area contributed by atoms with Crippen LogP contribution in [0.3, 0.4) is 0 Å². The minimum atomic E-state index is -0.435. The third-order valence-corrected chi connectivity index (χ3v) is 4.59. The summed E-state index contributed by atoms with van der Waals surface area (Å²) in [5.41, 5.74) is 1.05. The van der Waals surface area contributed by atoms with Gasteiger partial charge in [0, 0.05) is 37.8 Å². The number of furan rings is 1. The second kappa shape index (κ2) is 8.41. The SMILES string of the molecule is Cn1cc(C(=O)NCc2ccc(Cl)cc2)c(=O)c2cc(CCCCO)oc21. The number of nitrogens with one attached hydrogen (secondary N) is 1. The maximum Gasteiger partial charge on any atom is 0.257 e. The molecule has 0 fully saturated rings.